The molecule has 0 aliphatic carbocycles. The normalized spacial score (nSPS) is 16.2. The van der Waals surface area contributed by atoms with Crippen LogP contribution in [0, 0.1) is 12.3 Å². The van der Waals surface area contributed by atoms with Gasteiger partial charge in [-0.25, -0.2) is 0 Å². The van der Waals surface area contributed by atoms with E-state index >= 15 is 0 Å². The molecule has 1 aromatic carbocycles. The third-order valence-corrected chi connectivity index (χ3v) is 4.42. The highest BCUT2D eigenvalue weighted by Crippen LogP contribution is 2.29. The minimum Gasteiger partial charge on any atom is -0.368 e. The summed E-state index contributed by atoms with van der Waals surface area (Å²) in [6, 6.07) is 8.61. The Kier molecular flexibility index (Phi) is 5.07. The highest BCUT2D eigenvalue weighted by atomic mass is 15.2. The molecule has 22 heavy (non-hydrogen) atoms. The number of rotatable bonds is 5. The van der Waals surface area contributed by atoms with Gasteiger partial charge in [-0.3, -0.25) is 5.41 Å². The van der Waals surface area contributed by atoms with E-state index in [9.17, 15) is 0 Å². The first-order chi connectivity index (χ1) is 10.5. The molecule has 0 saturated carbocycles. The lowest BCUT2D eigenvalue weighted by Crippen LogP contribution is -2.30. The van der Waals surface area contributed by atoms with Crippen molar-refractivity contribution < 1.29 is 0 Å². The van der Waals surface area contributed by atoms with Crippen LogP contribution in [-0.4, -0.2) is 23.8 Å². The third-order valence-electron chi connectivity index (χ3n) is 4.42. The minimum atomic E-state index is 0.127. The molecule has 1 atom stereocenters. The predicted octanol–water partition coefficient (Wildman–Crippen LogP) is 4.18. The summed E-state index contributed by atoms with van der Waals surface area (Å²) >= 11 is 0. The molecule has 3 heteroatoms. The second-order valence-electron chi connectivity index (χ2n) is 5.92. The summed E-state index contributed by atoms with van der Waals surface area (Å²) in [5.41, 5.74) is 5.85. The Morgan fingerprint density at radius 1 is 1.32 bits per heavy atom. The Balaban J connectivity index is 2.12. The Morgan fingerprint density at radius 2 is 1.95 bits per heavy atom. The largest absolute Gasteiger partial charge is 0.368 e. The molecule has 0 aromatic heterocycles. The lowest BCUT2D eigenvalue weighted by Gasteiger charge is -2.19. The van der Waals surface area contributed by atoms with E-state index in [-0.39, 0.29) is 6.04 Å². The first kappa shape index (κ1) is 16.3. The van der Waals surface area contributed by atoms with Crippen LogP contribution in [0.5, 0.6) is 0 Å². The summed E-state index contributed by atoms with van der Waals surface area (Å²) in [5, 5.41) is 11.8. The molecule has 1 unspecified atom stereocenters. The molecule has 0 saturated heterocycles. The molecule has 1 aromatic rings. The van der Waals surface area contributed by atoms with Gasteiger partial charge >= 0.3 is 0 Å². The first-order valence-electron chi connectivity index (χ1n) is 8.06. The average Bonchev–Trinajstić information content (AvgIpc) is 2.83. The van der Waals surface area contributed by atoms with Gasteiger partial charge in [0.1, 0.15) is 5.84 Å². The number of nitrogens with zero attached hydrogens (tertiary/aromatic N) is 1. The predicted molar refractivity (Wildman–Crippen MR) is 94.2 cm³/mol. The van der Waals surface area contributed by atoms with Crippen LogP contribution in [0.15, 0.2) is 47.7 Å². The van der Waals surface area contributed by atoms with Gasteiger partial charge in [-0.05, 0) is 38.3 Å². The fourth-order valence-corrected chi connectivity index (χ4v) is 2.94. The molecule has 0 bridgehead atoms. The van der Waals surface area contributed by atoms with E-state index in [1.54, 1.807) is 0 Å². The molecule has 3 nitrogen and oxygen atoms in total. The van der Waals surface area contributed by atoms with E-state index in [0.29, 0.717) is 5.84 Å². The van der Waals surface area contributed by atoms with Crippen LogP contribution in [-0.2, 0) is 0 Å². The number of hydrogen-bond acceptors (Lipinski definition) is 2. The van der Waals surface area contributed by atoms with Crippen LogP contribution >= 0.6 is 0 Å². The number of amidine groups is 1. The molecular weight excluding hydrogens is 270 g/mol. The van der Waals surface area contributed by atoms with Crippen molar-refractivity contribution in [3.05, 3.63) is 58.8 Å². The zero-order valence-corrected chi connectivity index (χ0v) is 14.2. The van der Waals surface area contributed by atoms with Crippen molar-refractivity contribution in [1.29, 1.82) is 5.41 Å². The SMILES string of the molecule is C=C1C(CC)=C(C(=N)NC(C)c2ccc(C)cc2)CN1CC. The highest BCUT2D eigenvalue weighted by molar-refractivity contribution is 5.98. The van der Waals surface area contributed by atoms with Gasteiger partial charge in [0.05, 0.1) is 0 Å². The number of allylic oxidation sites excluding steroid dienone is 1. The van der Waals surface area contributed by atoms with Gasteiger partial charge in [0.25, 0.3) is 0 Å². The zero-order valence-electron chi connectivity index (χ0n) is 14.2. The summed E-state index contributed by atoms with van der Waals surface area (Å²) < 4.78 is 0. The fraction of sp³-hybridized carbons (Fsp3) is 0.421. The maximum absolute atomic E-state index is 8.46. The summed E-state index contributed by atoms with van der Waals surface area (Å²) in [6.07, 6.45) is 0.924. The smallest absolute Gasteiger partial charge is 0.123 e. The molecule has 118 valence electrons. The van der Waals surface area contributed by atoms with Crippen molar-refractivity contribution in [2.45, 2.75) is 40.2 Å². The Labute approximate surface area is 134 Å². The second kappa shape index (κ2) is 6.82. The van der Waals surface area contributed by atoms with Gasteiger partial charge < -0.3 is 10.2 Å². The molecule has 1 aliphatic heterocycles. The van der Waals surface area contributed by atoms with Gasteiger partial charge in [-0.15, -0.1) is 0 Å². The number of benzene rings is 1. The number of likely N-dealkylation sites (N-methyl/N-ethyl adjacent to an activating group) is 1. The molecule has 2 N–H and O–H groups in total. The van der Waals surface area contributed by atoms with E-state index in [2.05, 4.69) is 68.8 Å². The van der Waals surface area contributed by atoms with E-state index in [1.807, 2.05) is 0 Å². The van der Waals surface area contributed by atoms with E-state index in [0.717, 1.165) is 30.8 Å². The summed E-state index contributed by atoms with van der Waals surface area (Å²) in [4.78, 5) is 2.24. The molecule has 0 amide bonds. The monoisotopic (exact) mass is 297 g/mol. The van der Waals surface area contributed by atoms with Gasteiger partial charge in [-0.1, -0.05) is 43.3 Å². The van der Waals surface area contributed by atoms with Crippen molar-refractivity contribution >= 4 is 5.84 Å². The molecular formula is C19H27N3. The minimum absolute atomic E-state index is 0.127. The zero-order chi connectivity index (χ0) is 16.3. The molecule has 0 spiro atoms. The Bertz CT molecular complexity index is 596. The molecule has 1 aliphatic rings. The van der Waals surface area contributed by atoms with Crippen LogP contribution in [0.4, 0.5) is 0 Å². The topological polar surface area (TPSA) is 39.1 Å². The quantitative estimate of drug-likeness (QED) is 0.632. The fourth-order valence-electron chi connectivity index (χ4n) is 2.94. The summed E-state index contributed by atoms with van der Waals surface area (Å²) in [7, 11) is 0. The standard InChI is InChI=1S/C19H27N3/c1-6-17-15(5)22(7-2)12-18(17)19(20)21-14(4)16-10-8-13(3)9-11-16/h8-11,14H,5-7,12H2,1-4H3,(H2,20,21). The maximum atomic E-state index is 8.46. The molecule has 0 fully saturated rings. The number of aryl methyl sites for hydroxylation is 1. The third kappa shape index (κ3) is 3.24. The van der Waals surface area contributed by atoms with E-state index < -0.39 is 0 Å². The van der Waals surface area contributed by atoms with Crippen molar-refractivity contribution in [2.24, 2.45) is 0 Å². The van der Waals surface area contributed by atoms with Gasteiger partial charge in [0, 0.05) is 30.4 Å². The molecule has 0 radical (unpaired) electrons. The number of nitrogens with one attached hydrogen (secondary N) is 2. The van der Waals surface area contributed by atoms with Crippen molar-refractivity contribution in [3.8, 4) is 0 Å². The molecule has 1 heterocycles. The lowest BCUT2D eigenvalue weighted by molar-refractivity contribution is 0.425. The Hall–Kier alpha value is -2.03. The van der Waals surface area contributed by atoms with E-state index in [4.69, 9.17) is 5.41 Å². The average molecular weight is 297 g/mol. The van der Waals surface area contributed by atoms with Crippen LogP contribution < -0.4 is 5.32 Å². The molecule has 2 rings (SSSR count). The van der Waals surface area contributed by atoms with Crippen LogP contribution in [0.25, 0.3) is 0 Å². The highest BCUT2D eigenvalue weighted by Gasteiger charge is 2.26. The Morgan fingerprint density at radius 3 is 2.50 bits per heavy atom. The van der Waals surface area contributed by atoms with Crippen LogP contribution in [0.1, 0.15) is 44.4 Å². The summed E-state index contributed by atoms with van der Waals surface area (Å²) in [5.74, 6) is 0.530. The number of hydrogen-bond donors (Lipinski definition) is 2. The summed E-state index contributed by atoms with van der Waals surface area (Å²) in [6.45, 7) is 14.4. The van der Waals surface area contributed by atoms with Crippen molar-refractivity contribution in [2.75, 3.05) is 13.1 Å². The second-order valence-corrected chi connectivity index (χ2v) is 5.92. The van der Waals surface area contributed by atoms with Gasteiger partial charge in [0.2, 0.25) is 0 Å². The van der Waals surface area contributed by atoms with Gasteiger partial charge in [-0.2, -0.15) is 0 Å². The van der Waals surface area contributed by atoms with Crippen molar-refractivity contribution in [3.63, 3.8) is 0 Å². The van der Waals surface area contributed by atoms with Crippen molar-refractivity contribution in [1.82, 2.24) is 10.2 Å². The first-order valence-corrected chi connectivity index (χ1v) is 8.06. The lowest BCUT2D eigenvalue weighted by atomic mass is 10.0. The van der Waals surface area contributed by atoms with Gasteiger partial charge in [0.15, 0.2) is 0 Å². The van der Waals surface area contributed by atoms with E-state index in [1.165, 1.54) is 16.7 Å². The van der Waals surface area contributed by atoms with Crippen LogP contribution in [0.2, 0.25) is 0 Å². The maximum Gasteiger partial charge on any atom is 0.123 e. The van der Waals surface area contributed by atoms with Crippen LogP contribution in [0.3, 0.4) is 0 Å².